The number of carbonyl (C=O) groups is 1. The van der Waals surface area contributed by atoms with Crippen molar-refractivity contribution in [2.75, 3.05) is 0 Å². The average Bonchev–Trinajstić information content (AvgIpc) is 2.00. The van der Waals surface area contributed by atoms with Crippen molar-refractivity contribution < 1.29 is 13.2 Å². The highest BCUT2D eigenvalue weighted by Gasteiger charge is 2.27. The summed E-state index contributed by atoms with van der Waals surface area (Å²) in [6.45, 7) is 0. The lowest BCUT2D eigenvalue weighted by Crippen LogP contribution is -2.36. The molecule has 0 bridgehead atoms. The van der Waals surface area contributed by atoms with Gasteiger partial charge in [0.05, 0.1) is 11.3 Å². The molecule has 1 aliphatic rings. The molecule has 1 aromatic carbocycles. The minimum atomic E-state index is -3.63. The highest BCUT2D eigenvalue weighted by molar-refractivity contribution is 9.10. The fourth-order valence-corrected chi connectivity index (χ4v) is 2.98. The van der Waals surface area contributed by atoms with E-state index in [1.54, 1.807) is 12.1 Å². The van der Waals surface area contributed by atoms with E-state index >= 15 is 0 Å². The number of carbonyl (C=O) groups excluding carboxylic acids is 1. The lowest BCUT2D eigenvalue weighted by molar-refractivity contribution is -0.118. The highest BCUT2D eigenvalue weighted by atomic mass is 79.9. The van der Waals surface area contributed by atoms with Crippen LogP contribution in [-0.2, 0) is 21.2 Å². The van der Waals surface area contributed by atoms with Gasteiger partial charge in [-0.15, -0.1) is 0 Å². The third-order valence-corrected chi connectivity index (χ3v) is 3.88. The molecule has 2 rings (SSSR count). The van der Waals surface area contributed by atoms with E-state index in [1.807, 2.05) is 4.72 Å². The summed E-state index contributed by atoms with van der Waals surface area (Å²) in [5, 5.41) is 0. The lowest BCUT2D eigenvalue weighted by Gasteiger charge is -2.16. The number of sulfonamides is 1. The second kappa shape index (κ2) is 3.06. The van der Waals surface area contributed by atoms with Gasteiger partial charge in [-0.1, -0.05) is 15.9 Å². The van der Waals surface area contributed by atoms with Crippen LogP contribution >= 0.6 is 15.9 Å². The number of benzene rings is 1. The summed E-state index contributed by atoms with van der Waals surface area (Å²) >= 11 is 3.22. The monoisotopic (exact) mass is 275 g/mol. The van der Waals surface area contributed by atoms with Gasteiger partial charge >= 0.3 is 0 Å². The van der Waals surface area contributed by atoms with Crippen molar-refractivity contribution in [3.8, 4) is 0 Å². The van der Waals surface area contributed by atoms with Gasteiger partial charge in [0.1, 0.15) is 0 Å². The fourth-order valence-electron chi connectivity index (χ4n) is 1.36. The first-order valence-electron chi connectivity index (χ1n) is 3.83. The summed E-state index contributed by atoms with van der Waals surface area (Å²) in [5.74, 6) is -0.490. The van der Waals surface area contributed by atoms with Crippen LogP contribution in [0.3, 0.4) is 0 Å². The maximum absolute atomic E-state index is 11.4. The zero-order valence-corrected chi connectivity index (χ0v) is 9.35. The second-order valence-electron chi connectivity index (χ2n) is 2.96. The van der Waals surface area contributed by atoms with Gasteiger partial charge < -0.3 is 0 Å². The number of fused-ring (bicyclic) bond motifs is 1. The van der Waals surface area contributed by atoms with Crippen molar-refractivity contribution in [1.82, 2.24) is 4.72 Å². The summed E-state index contributed by atoms with van der Waals surface area (Å²) in [4.78, 5) is 11.2. The van der Waals surface area contributed by atoms with Crippen LogP contribution in [0.25, 0.3) is 0 Å². The van der Waals surface area contributed by atoms with E-state index in [0.717, 1.165) is 4.47 Å². The summed E-state index contributed by atoms with van der Waals surface area (Å²) in [5.41, 5.74) is 0.531. The Kier molecular flexibility index (Phi) is 2.11. The number of hydrogen-bond donors (Lipinski definition) is 1. The Hall–Kier alpha value is -0.880. The van der Waals surface area contributed by atoms with Gasteiger partial charge in [-0.2, -0.15) is 0 Å². The molecule has 1 aliphatic heterocycles. The Morgan fingerprint density at radius 1 is 1.36 bits per heavy atom. The maximum atomic E-state index is 11.4. The Bertz CT molecular complexity index is 509. The average molecular weight is 276 g/mol. The van der Waals surface area contributed by atoms with E-state index in [0.29, 0.717) is 5.56 Å². The van der Waals surface area contributed by atoms with Gasteiger partial charge in [-0.3, -0.25) is 4.79 Å². The summed E-state index contributed by atoms with van der Waals surface area (Å²) < 4.78 is 25.6. The van der Waals surface area contributed by atoms with Crippen molar-refractivity contribution in [2.45, 2.75) is 11.3 Å². The molecule has 4 nitrogen and oxygen atoms in total. The van der Waals surface area contributed by atoms with Crippen LogP contribution in [0, 0.1) is 0 Å². The number of hydrogen-bond acceptors (Lipinski definition) is 3. The first-order valence-corrected chi connectivity index (χ1v) is 6.11. The summed E-state index contributed by atoms with van der Waals surface area (Å²) in [6.07, 6.45) is 0.105. The minimum absolute atomic E-state index is 0.105. The molecule has 0 unspecified atom stereocenters. The first kappa shape index (κ1) is 9.67. The molecule has 74 valence electrons. The maximum Gasteiger partial charge on any atom is 0.264 e. The molecule has 0 aliphatic carbocycles. The van der Waals surface area contributed by atoms with E-state index in [9.17, 15) is 13.2 Å². The van der Waals surface area contributed by atoms with Crippen LogP contribution in [0.5, 0.6) is 0 Å². The van der Waals surface area contributed by atoms with Gasteiger partial charge in [0.25, 0.3) is 10.0 Å². The largest absolute Gasteiger partial charge is 0.274 e. The quantitative estimate of drug-likeness (QED) is 0.762. The minimum Gasteiger partial charge on any atom is -0.274 e. The van der Waals surface area contributed by atoms with Crippen molar-refractivity contribution in [1.29, 1.82) is 0 Å². The van der Waals surface area contributed by atoms with Gasteiger partial charge in [0.15, 0.2) is 0 Å². The van der Waals surface area contributed by atoms with Crippen molar-refractivity contribution in [2.24, 2.45) is 0 Å². The van der Waals surface area contributed by atoms with E-state index in [1.165, 1.54) is 6.07 Å². The molecule has 1 amide bonds. The van der Waals surface area contributed by atoms with Crippen LogP contribution in [0.15, 0.2) is 27.6 Å². The Morgan fingerprint density at radius 2 is 2.07 bits per heavy atom. The Balaban J connectivity index is 2.69. The van der Waals surface area contributed by atoms with Gasteiger partial charge in [0, 0.05) is 4.47 Å². The standard InChI is InChI=1S/C8H6BrNO3S/c9-6-1-2-7-5(3-6)4-8(11)10-14(7,12)13/h1-3H,4H2,(H,10,11). The molecule has 0 radical (unpaired) electrons. The van der Waals surface area contributed by atoms with Gasteiger partial charge in [-0.25, -0.2) is 13.1 Å². The van der Waals surface area contributed by atoms with E-state index in [2.05, 4.69) is 15.9 Å². The third-order valence-electron chi connectivity index (χ3n) is 1.91. The number of amides is 1. The van der Waals surface area contributed by atoms with Gasteiger partial charge in [0.2, 0.25) is 5.91 Å². The molecule has 6 heteroatoms. The number of rotatable bonds is 0. The first-order chi connectivity index (χ1) is 6.49. The van der Waals surface area contributed by atoms with E-state index in [-0.39, 0.29) is 11.3 Å². The molecule has 1 heterocycles. The molecule has 1 N–H and O–H groups in total. The molecule has 14 heavy (non-hydrogen) atoms. The second-order valence-corrected chi connectivity index (χ2v) is 5.52. The van der Waals surface area contributed by atoms with Crippen molar-refractivity contribution in [3.63, 3.8) is 0 Å². The van der Waals surface area contributed by atoms with Crippen LogP contribution in [0.4, 0.5) is 0 Å². The lowest BCUT2D eigenvalue weighted by atomic mass is 10.1. The molecule has 0 saturated carbocycles. The normalized spacial score (nSPS) is 18.5. The van der Waals surface area contributed by atoms with Crippen LogP contribution in [0.2, 0.25) is 0 Å². The predicted molar refractivity (Wildman–Crippen MR) is 53.2 cm³/mol. The predicted octanol–water partition coefficient (Wildman–Crippen LogP) is 0.810. The van der Waals surface area contributed by atoms with E-state index < -0.39 is 15.9 Å². The van der Waals surface area contributed by atoms with Crippen LogP contribution in [-0.4, -0.2) is 14.3 Å². The molecule has 0 fully saturated rings. The Labute approximate surface area is 89.5 Å². The molecule has 0 aromatic heterocycles. The zero-order valence-electron chi connectivity index (χ0n) is 6.95. The van der Waals surface area contributed by atoms with Crippen molar-refractivity contribution in [3.05, 3.63) is 28.2 Å². The smallest absolute Gasteiger partial charge is 0.264 e. The number of nitrogens with one attached hydrogen (secondary N) is 1. The molecule has 0 spiro atoms. The number of halogens is 1. The van der Waals surface area contributed by atoms with Crippen molar-refractivity contribution >= 4 is 31.9 Å². The molecule has 1 aromatic rings. The third kappa shape index (κ3) is 1.55. The zero-order chi connectivity index (χ0) is 10.3. The van der Waals surface area contributed by atoms with E-state index in [4.69, 9.17) is 0 Å². The van der Waals surface area contributed by atoms with Crippen LogP contribution in [0.1, 0.15) is 5.56 Å². The van der Waals surface area contributed by atoms with Crippen LogP contribution < -0.4 is 4.72 Å². The SMILES string of the molecule is O=C1Cc2cc(Br)ccc2S(=O)(=O)N1. The van der Waals surface area contributed by atoms with Gasteiger partial charge in [-0.05, 0) is 23.8 Å². The Morgan fingerprint density at radius 3 is 2.79 bits per heavy atom. The molecule has 0 saturated heterocycles. The summed E-state index contributed by atoms with van der Waals surface area (Å²) in [7, 11) is -3.63. The summed E-state index contributed by atoms with van der Waals surface area (Å²) in [6, 6.07) is 4.76. The molecular weight excluding hydrogens is 270 g/mol. The highest BCUT2D eigenvalue weighted by Crippen LogP contribution is 2.23. The topological polar surface area (TPSA) is 63.2 Å². The molecule has 0 atom stereocenters. The fraction of sp³-hybridized carbons (Fsp3) is 0.125. The molecular formula is C8H6BrNO3S.